The van der Waals surface area contributed by atoms with E-state index < -0.39 is 5.41 Å². The van der Waals surface area contributed by atoms with Gasteiger partial charge in [-0.3, -0.25) is 0 Å². The van der Waals surface area contributed by atoms with Gasteiger partial charge >= 0.3 is 0 Å². The molecule has 4 nitrogen and oxygen atoms in total. The first-order valence-corrected chi connectivity index (χ1v) is 31.3. The van der Waals surface area contributed by atoms with Gasteiger partial charge in [0.25, 0.3) is 0 Å². The summed E-state index contributed by atoms with van der Waals surface area (Å²) in [7, 11) is 0. The Kier molecular flexibility index (Phi) is 12.9. The van der Waals surface area contributed by atoms with Crippen molar-refractivity contribution in [1.82, 2.24) is 0 Å². The molecular weight excluding hydrogens is 1060 g/mol. The molecule has 1 aliphatic rings. The highest BCUT2D eigenvalue weighted by Crippen LogP contribution is 2.63. The maximum absolute atomic E-state index is 7.35. The Labute approximate surface area is 510 Å². The number of para-hydroxylation sites is 4. The third-order valence-electron chi connectivity index (χ3n) is 18.6. The SMILES string of the molecule is CCCc1ccc(N(c2cc3c(c4ccccc24)-c2c(cc(N(c4ccc(CCC)cc4)c4cccc5c4oc4c(C(C)(C)C)cccc45)c4ccccc24)C3(c2ccccc2)c2ccccc2)c2cccc3c2oc2c(C(C)(C)C)cccc23)cc1. The van der Waals surface area contributed by atoms with Gasteiger partial charge in [0, 0.05) is 54.8 Å². The lowest BCUT2D eigenvalue weighted by atomic mass is 9.67. The Balaban J connectivity index is 1.08. The van der Waals surface area contributed by atoms with E-state index in [2.05, 4.69) is 308 Å². The molecule has 0 spiro atoms. The van der Waals surface area contributed by atoms with E-state index in [9.17, 15) is 0 Å². The molecule has 14 aromatic rings. The second-order valence-corrected chi connectivity index (χ2v) is 26.1. The molecule has 0 saturated heterocycles. The average molecular weight is 1130 g/mol. The number of rotatable bonds is 12. The molecule has 87 heavy (non-hydrogen) atoms. The van der Waals surface area contributed by atoms with Crippen LogP contribution < -0.4 is 9.80 Å². The Morgan fingerprint density at radius 1 is 0.322 bits per heavy atom. The van der Waals surface area contributed by atoms with Crippen molar-refractivity contribution in [3.8, 4) is 11.1 Å². The van der Waals surface area contributed by atoms with E-state index in [-0.39, 0.29) is 10.8 Å². The van der Waals surface area contributed by atoms with Crippen LogP contribution in [0.4, 0.5) is 34.1 Å². The zero-order chi connectivity index (χ0) is 59.3. The van der Waals surface area contributed by atoms with E-state index >= 15 is 0 Å². The summed E-state index contributed by atoms with van der Waals surface area (Å²) in [6.45, 7) is 18.2. The quantitative estimate of drug-likeness (QED) is 0.122. The zero-order valence-electron chi connectivity index (χ0n) is 51.1. The number of furan rings is 2. The zero-order valence-corrected chi connectivity index (χ0v) is 51.1. The van der Waals surface area contributed by atoms with Gasteiger partial charge in [0.1, 0.15) is 11.2 Å². The van der Waals surface area contributed by atoms with E-state index in [1.54, 1.807) is 0 Å². The molecule has 0 unspecified atom stereocenters. The van der Waals surface area contributed by atoms with Crippen molar-refractivity contribution in [2.24, 2.45) is 0 Å². The van der Waals surface area contributed by atoms with Crippen LogP contribution in [0.15, 0.2) is 251 Å². The van der Waals surface area contributed by atoms with Crippen LogP contribution >= 0.6 is 0 Å². The number of hydrogen-bond acceptors (Lipinski definition) is 4. The minimum absolute atomic E-state index is 0.136. The van der Waals surface area contributed by atoms with E-state index in [0.29, 0.717) is 0 Å². The van der Waals surface area contributed by atoms with Gasteiger partial charge in [0.2, 0.25) is 0 Å². The van der Waals surface area contributed by atoms with Gasteiger partial charge in [-0.25, -0.2) is 0 Å². The molecule has 426 valence electrons. The minimum atomic E-state index is -0.835. The van der Waals surface area contributed by atoms with Crippen LogP contribution in [0, 0.1) is 0 Å². The summed E-state index contributed by atoms with van der Waals surface area (Å²) in [6, 6.07) is 91.3. The third kappa shape index (κ3) is 8.54. The van der Waals surface area contributed by atoms with Crippen molar-refractivity contribution in [1.29, 1.82) is 0 Å². The fourth-order valence-electron chi connectivity index (χ4n) is 14.7. The number of nitrogens with zero attached hydrogens (tertiary/aromatic N) is 2. The Bertz CT molecular complexity index is 4640. The lowest BCUT2D eigenvalue weighted by Crippen LogP contribution is -2.29. The molecule has 0 aliphatic heterocycles. The first-order valence-electron chi connectivity index (χ1n) is 31.3. The maximum Gasteiger partial charge on any atom is 0.159 e. The fraction of sp³-hybridized carbons (Fsp3) is 0.181. The van der Waals surface area contributed by atoms with Gasteiger partial charge in [-0.1, -0.05) is 262 Å². The van der Waals surface area contributed by atoms with Crippen LogP contribution in [0.3, 0.4) is 0 Å². The van der Waals surface area contributed by atoms with Crippen molar-refractivity contribution in [2.45, 2.75) is 97.3 Å². The molecule has 0 atom stereocenters. The molecule has 0 fully saturated rings. The molecule has 0 bridgehead atoms. The normalized spacial score (nSPS) is 13.1. The summed E-state index contributed by atoms with van der Waals surface area (Å²) in [5.41, 5.74) is 21.0. The lowest BCUT2D eigenvalue weighted by Gasteiger charge is -2.36. The van der Waals surface area contributed by atoms with E-state index in [1.165, 1.54) is 66.4 Å². The lowest BCUT2D eigenvalue weighted by molar-refractivity contribution is 0.572. The summed E-state index contributed by atoms with van der Waals surface area (Å²) in [4.78, 5) is 4.99. The maximum atomic E-state index is 7.35. The van der Waals surface area contributed by atoms with Crippen LogP contribution in [0.25, 0.3) is 76.5 Å². The minimum Gasteiger partial charge on any atom is -0.454 e. The number of hydrogen-bond donors (Lipinski definition) is 0. The molecule has 2 aromatic heterocycles. The fourth-order valence-corrected chi connectivity index (χ4v) is 14.7. The molecule has 0 radical (unpaired) electrons. The highest BCUT2D eigenvalue weighted by Gasteiger charge is 2.49. The number of benzene rings is 12. The van der Waals surface area contributed by atoms with Crippen LogP contribution in [0.2, 0.25) is 0 Å². The predicted octanol–water partition coefficient (Wildman–Crippen LogP) is 23.6. The second-order valence-electron chi connectivity index (χ2n) is 26.1. The second kappa shape index (κ2) is 20.8. The molecule has 0 amide bonds. The van der Waals surface area contributed by atoms with Gasteiger partial charge in [-0.05, 0) is 127 Å². The number of fused-ring (bicyclic) bond motifs is 13. The molecular formula is C83H72N2O2. The van der Waals surface area contributed by atoms with Crippen LogP contribution in [-0.2, 0) is 29.1 Å². The number of anilines is 6. The predicted molar refractivity (Wildman–Crippen MR) is 368 cm³/mol. The Morgan fingerprint density at radius 3 is 1.02 bits per heavy atom. The summed E-state index contributed by atoms with van der Waals surface area (Å²) >= 11 is 0. The highest BCUT2D eigenvalue weighted by molar-refractivity contribution is 6.20. The van der Waals surface area contributed by atoms with E-state index in [4.69, 9.17) is 8.83 Å². The molecule has 2 heterocycles. The van der Waals surface area contributed by atoms with Crippen molar-refractivity contribution >= 4 is 99.5 Å². The van der Waals surface area contributed by atoms with E-state index in [0.717, 1.165) is 114 Å². The van der Waals surface area contributed by atoms with Gasteiger partial charge in [0.05, 0.1) is 28.2 Å². The standard InChI is InChI=1S/C83H72N2O2/c1-9-25-53-43-47-57(48-44-53)84(71-41-23-37-65-63-35-21-39-67(81(3,4)5)77(63)86-79(65)71)73-51-69-75(61-33-19-17-31-59(61)73)76-62-34-20-18-32-60(62)74(52-70(76)83(69,55-27-13-11-14-28-55)56-29-15-12-16-30-56)85(58-49-45-54(26-10-2)46-50-58)72-42-24-38-66-64-36-22-40-68(82(6,7)8)78(64)87-80(66)72/h11-24,27-52H,9-10,25-26H2,1-8H3. The monoisotopic (exact) mass is 1130 g/mol. The summed E-state index contributed by atoms with van der Waals surface area (Å²) in [5, 5.41) is 9.10. The van der Waals surface area contributed by atoms with Crippen molar-refractivity contribution in [3.05, 3.63) is 287 Å². The number of aryl methyl sites for hydroxylation is 2. The first kappa shape index (κ1) is 54.0. The van der Waals surface area contributed by atoms with Crippen molar-refractivity contribution < 1.29 is 8.83 Å². The average Bonchev–Trinajstić information content (AvgIpc) is 1.55. The summed E-state index contributed by atoms with van der Waals surface area (Å²) in [5.74, 6) is 0. The highest BCUT2D eigenvalue weighted by atomic mass is 16.3. The largest absolute Gasteiger partial charge is 0.454 e. The molecule has 4 heteroatoms. The molecule has 0 saturated carbocycles. The topological polar surface area (TPSA) is 32.8 Å². The van der Waals surface area contributed by atoms with Crippen LogP contribution in [-0.4, -0.2) is 0 Å². The van der Waals surface area contributed by atoms with Crippen LogP contribution in [0.5, 0.6) is 0 Å². The van der Waals surface area contributed by atoms with Crippen molar-refractivity contribution in [3.63, 3.8) is 0 Å². The third-order valence-corrected chi connectivity index (χ3v) is 18.6. The van der Waals surface area contributed by atoms with Gasteiger partial charge < -0.3 is 18.6 Å². The summed E-state index contributed by atoms with van der Waals surface area (Å²) in [6.07, 6.45) is 4.16. The van der Waals surface area contributed by atoms with E-state index in [1.807, 2.05) is 0 Å². The molecule has 15 rings (SSSR count). The molecule has 1 aliphatic carbocycles. The van der Waals surface area contributed by atoms with Gasteiger partial charge in [0.15, 0.2) is 11.2 Å². The van der Waals surface area contributed by atoms with Crippen molar-refractivity contribution in [2.75, 3.05) is 9.80 Å². The van der Waals surface area contributed by atoms with Gasteiger partial charge in [-0.15, -0.1) is 0 Å². The van der Waals surface area contributed by atoms with Crippen LogP contribution in [0.1, 0.15) is 113 Å². The van der Waals surface area contributed by atoms with Gasteiger partial charge in [-0.2, -0.15) is 0 Å². The Hall–Kier alpha value is -9.64. The Morgan fingerprint density at radius 2 is 0.655 bits per heavy atom. The molecule has 0 N–H and O–H groups in total. The summed E-state index contributed by atoms with van der Waals surface area (Å²) < 4.78 is 14.7. The molecule has 12 aromatic carbocycles. The first-order chi connectivity index (χ1) is 42.4. The smallest absolute Gasteiger partial charge is 0.159 e.